The molecule has 124 valence electrons. The molecule has 1 heterocycles. The van der Waals surface area contributed by atoms with Gasteiger partial charge >= 0.3 is 0 Å². The number of hydrogen-bond donors (Lipinski definition) is 3. The molecule has 0 radical (unpaired) electrons. The monoisotopic (exact) mass is 365 g/mol. The molecule has 0 aliphatic carbocycles. The number of rotatable bonds is 8. The third kappa shape index (κ3) is 6.90. The maximum absolute atomic E-state index is 6.05. The van der Waals surface area contributed by atoms with Gasteiger partial charge in [-0.2, -0.15) is 0 Å². The van der Waals surface area contributed by atoms with Crippen LogP contribution >= 0.6 is 34.8 Å². The first-order valence-electron chi connectivity index (χ1n) is 7.23. The van der Waals surface area contributed by atoms with E-state index in [1.165, 1.54) is 0 Å². The number of unbranched alkanes of at least 4 members (excludes halogenated alkanes) is 3. The summed E-state index contributed by atoms with van der Waals surface area (Å²) in [6, 6.07) is 1.60. The van der Waals surface area contributed by atoms with Crippen molar-refractivity contribution in [3.8, 4) is 0 Å². The third-order valence-electron chi connectivity index (χ3n) is 3.01. The van der Waals surface area contributed by atoms with Gasteiger partial charge in [-0.15, -0.1) is 0 Å². The van der Waals surface area contributed by atoms with Crippen molar-refractivity contribution in [2.45, 2.75) is 25.7 Å². The second-order valence-electron chi connectivity index (χ2n) is 4.66. The lowest BCUT2D eigenvalue weighted by Gasteiger charge is -2.08. The summed E-state index contributed by atoms with van der Waals surface area (Å²) in [5.74, 6) is 1.40. The van der Waals surface area contributed by atoms with E-state index in [1.54, 1.807) is 6.07 Å². The topological polar surface area (TPSA) is 61.3 Å². The highest BCUT2D eigenvalue weighted by Gasteiger charge is 2.06. The van der Waals surface area contributed by atoms with Crippen molar-refractivity contribution >= 4 is 46.6 Å². The summed E-state index contributed by atoms with van der Waals surface area (Å²) >= 11 is 17.7. The number of aromatic nitrogens is 1. The smallest absolute Gasteiger partial charge is 0.190 e. The number of hydrogen-bond acceptors (Lipinski definition) is 3. The zero-order chi connectivity index (χ0) is 16.4. The van der Waals surface area contributed by atoms with E-state index in [1.807, 2.05) is 14.1 Å². The number of nitrogens with one attached hydrogen (secondary N) is 3. The summed E-state index contributed by atoms with van der Waals surface area (Å²) in [5, 5.41) is 10.2. The van der Waals surface area contributed by atoms with Crippen LogP contribution in [0.2, 0.25) is 15.2 Å². The van der Waals surface area contributed by atoms with Crippen molar-refractivity contribution in [3.63, 3.8) is 0 Å². The Balaban J connectivity index is 2.16. The molecule has 0 spiro atoms. The van der Waals surface area contributed by atoms with Gasteiger partial charge in [0.15, 0.2) is 5.96 Å². The van der Waals surface area contributed by atoms with Gasteiger partial charge in [-0.05, 0) is 18.9 Å². The Morgan fingerprint density at radius 3 is 2.41 bits per heavy atom. The lowest BCUT2D eigenvalue weighted by molar-refractivity contribution is 0.659. The lowest BCUT2D eigenvalue weighted by atomic mass is 10.2. The van der Waals surface area contributed by atoms with Crippen LogP contribution in [0.25, 0.3) is 0 Å². The van der Waals surface area contributed by atoms with Crippen molar-refractivity contribution in [1.82, 2.24) is 15.6 Å². The van der Waals surface area contributed by atoms with Crippen molar-refractivity contribution in [3.05, 3.63) is 21.3 Å². The molecule has 0 saturated carbocycles. The summed E-state index contributed by atoms with van der Waals surface area (Å²) in [6.45, 7) is 1.62. The average Bonchev–Trinajstić information content (AvgIpc) is 2.50. The second-order valence-corrected chi connectivity index (χ2v) is 5.84. The summed E-state index contributed by atoms with van der Waals surface area (Å²) in [7, 11) is 3.70. The Morgan fingerprint density at radius 2 is 1.73 bits per heavy atom. The molecule has 0 unspecified atom stereocenters. The first kappa shape index (κ1) is 19.1. The Bertz CT molecular complexity index is 488. The van der Waals surface area contributed by atoms with E-state index in [9.17, 15) is 0 Å². The zero-order valence-electron chi connectivity index (χ0n) is 12.8. The fourth-order valence-electron chi connectivity index (χ4n) is 1.84. The van der Waals surface area contributed by atoms with Crippen molar-refractivity contribution in [1.29, 1.82) is 0 Å². The molecule has 0 amide bonds. The van der Waals surface area contributed by atoms with E-state index in [2.05, 4.69) is 25.9 Å². The van der Waals surface area contributed by atoms with E-state index in [-0.39, 0.29) is 5.15 Å². The van der Waals surface area contributed by atoms with E-state index in [0.29, 0.717) is 15.9 Å². The van der Waals surface area contributed by atoms with Crippen molar-refractivity contribution < 1.29 is 0 Å². The van der Waals surface area contributed by atoms with Gasteiger partial charge in [0.1, 0.15) is 11.0 Å². The first-order chi connectivity index (χ1) is 10.6. The highest BCUT2D eigenvalue weighted by atomic mass is 35.5. The molecule has 0 saturated heterocycles. The van der Waals surface area contributed by atoms with Gasteiger partial charge in [0.05, 0.1) is 10.0 Å². The van der Waals surface area contributed by atoms with Gasteiger partial charge in [-0.25, -0.2) is 4.98 Å². The molecule has 22 heavy (non-hydrogen) atoms. The van der Waals surface area contributed by atoms with E-state index in [4.69, 9.17) is 34.8 Å². The van der Waals surface area contributed by atoms with Crippen molar-refractivity contribution in [2.75, 3.05) is 32.5 Å². The lowest BCUT2D eigenvalue weighted by Crippen LogP contribution is -2.31. The standard InChI is InChI=1S/C14H22Cl3N5/c1-18-14(19-2)21-8-6-4-3-5-7-20-13-11(16)9-10(15)12(17)22-13/h9H,3-8H2,1-2H3,(H,20,22)(H2,18,19,21). The average molecular weight is 367 g/mol. The molecule has 0 aromatic carbocycles. The van der Waals surface area contributed by atoms with Gasteiger partial charge in [-0.1, -0.05) is 47.6 Å². The van der Waals surface area contributed by atoms with Crippen LogP contribution in [0, 0.1) is 0 Å². The van der Waals surface area contributed by atoms with Crippen LogP contribution in [-0.4, -0.2) is 38.1 Å². The largest absolute Gasteiger partial charge is 0.369 e. The summed E-state index contributed by atoms with van der Waals surface area (Å²) in [6.07, 6.45) is 4.36. The molecule has 1 aromatic rings. The predicted molar refractivity (Wildman–Crippen MR) is 96.6 cm³/mol. The normalized spacial score (nSPS) is 10.2. The number of aliphatic imine (C=N–C) groups is 1. The number of anilines is 1. The Morgan fingerprint density at radius 1 is 1.05 bits per heavy atom. The molecule has 5 nitrogen and oxygen atoms in total. The minimum Gasteiger partial charge on any atom is -0.369 e. The molecular weight excluding hydrogens is 345 g/mol. The van der Waals surface area contributed by atoms with Gasteiger partial charge in [0.25, 0.3) is 0 Å². The Kier molecular flexibility index (Phi) is 9.36. The Labute approximate surface area is 146 Å². The van der Waals surface area contributed by atoms with Crippen LogP contribution < -0.4 is 16.0 Å². The van der Waals surface area contributed by atoms with Crippen LogP contribution in [0.5, 0.6) is 0 Å². The van der Waals surface area contributed by atoms with Gasteiger partial charge in [0.2, 0.25) is 0 Å². The van der Waals surface area contributed by atoms with E-state index < -0.39 is 0 Å². The molecule has 8 heteroatoms. The quantitative estimate of drug-likeness (QED) is 0.283. The predicted octanol–water partition coefficient (Wildman–Crippen LogP) is 3.81. The molecule has 0 aliphatic rings. The molecule has 0 aliphatic heterocycles. The minimum atomic E-state index is 0.260. The summed E-state index contributed by atoms with van der Waals surface area (Å²) in [5.41, 5.74) is 0. The SMILES string of the molecule is CNC(=NCCCCCCNc1nc(Cl)c(Cl)cc1Cl)NC. The fourth-order valence-corrected chi connectivity index (χ4v) is 2.40. The maximum Gasteiger partial charge on any atom is 0.190 e. The zero-order valence-corrected chi connectivity index (χ0v) is 15.1. The number of halogens is 3. The van der Waals surface area contributed by atoms with Gasteiger partial charge in [-0.3, -0.25) is 4.99 Å². The molecule has 1 rings (SSSR count). The van der Waals surface area contributed by atoms with Crippen LogP contribution in [0.4, 0.5) is 5.82 Å². The van der Waals surface area contributed by atoms with Crippen LogP contribution in [0.1, 0.15) is 25.7 Å². The minimum absolute atomic E-state index is 0.260. The number of pyridine rings is 1. The summed E-state index contributed by atoms with van der Waals surface area (Å²) < 4.78 is 0. The molecule has 1 aromatic heterocycles. The van der Waals surface area contributed by atoms with Crippen LogP contribution in [0.3, 0.4) is 0 Å². The molecule has 3 N–H and O–H groups in total. The van der Waals surface area contributed by atoms with E-state index >= 15 is 0 Å². The Hall–Kier alpha value is -0.910. The number of guanidine groups is 1. The molecular formula is C14H22Cl3N5. The molecule has 0 atom stereocenters. The second kappa shape index (κ2) is 10.8. The molecule has 0 fully saturated rings. The van der Waals surface area contributed by atoms with Gasteiger partial charge in [0, 0.05) is 27.2 Å². The first-order valence-corrected chi connectivity index (χ1v) is 8.37. The van der Waals surface area contributed by atoms with Crippen molar-refractivity contribution in [2.24, 2.45) is 4.99 Å². The highest BCUT2D eigenvalue weighted by molar-refractivity contribution is 6.42. The van der Waals surface area contributed by atoms with Gasteiger partial charge < -0.3 is 16.0 Å². The molecule has 0 bridgehead atoms. The highest BCUT2D eigenvalue weighted by Crippen LogP contribution is 2.28. The maximum atomic E-state index is 6.05. The summed E-state index contributed by atoms with van der Waals surface area (Å²) in [4.78, 5) is 8.50. The van der Waals surface area contributed by atoms with Crippen LogP contribution in [-0.2, 0) is 0 Å². The third-order valence-corrected chi connectivity index (χ3v) is 3.97. The van der Waals surface area contributed by atoms with Crippen LogP contribution in [0.15, 0.2) is 11.1 Å². The van der Waals surface area contributed by atoms with E-state index in [0.717, 1.165) is 44.7 Å². The fraction of sp³-hybridized carbons (Fsp3) is 0.571. The number of nitrogens with zero attached hydrogens (tertiary/aromatic N) is 2.